The van der Waals surface area contributed by atoms with E-state index in [-0.39, 0.29) is 24.4 Å². The van der Waals surface area contributed by atoms with Crippen LogP contribution >= 0.6 is 11.6 Å². The molecule has 1 unspecified atom stereocenters. The number of alkyl halides is 1. The van der Waals surface area contributed by atoms with Crippen LogP contribution in [0, 0.1) is 0 Å². The largest absolute Gasteiger partial charge is 0.462 e. The van der Waals surface area contributed by atoms with Crippen LogP contribution in [0.15, 0.2) is 0 Å². The summed E-state index contributed by atoms with van der Waals surface area (Å²) in [6.45, 7) is 4.37. The fourth-order valence-corrected chi connectivity index (χ4v) is 2.51. The summed E-state index contributed by atoms with van der Waals surface area (Å²) in [5, 5.41) is 0. The van der Waals surface area contributed by atoms with Gasteiger partial charge in [0.05, 0.1) is 5.88 Å². The van der Waals surface area contributed by atoms with Gasteiger partial charge in [0.1, 0.15) is 12.7 Å². The number of hydrogen-bond donors (Lipinski definition) is 0. The van der Waals surface area contributed by atoms with Crippen molar-refractivity contribution in [2.45, 2.75) is 97.0 Å². The predicted octanol–water partition coefficient (Wildman–Crippen LogP) is 5.40. The number of carbonyl (C=O) groups excluding carboxylic acids is 2. The van der Waals surface area contributed by atoms with Crippen molar-refractivity contribution >= 4 is 23.5 Å². The average Bonchev–Trinajstić information content (AvgIpc) is 2.58. The maximum atomic E-state index is 11.7. The van der Waals surface area contributed by atoms with Gasteiger partial charge < -0.3 is 9.47 Å². The van der Waals surface area contributed by atoms with E-state index in [0.717, 1.165) is 38.5 Å². The second kappa shape index (κ2) is 17.1. The van der Waals surface area contributed by atoms with Crippen LogP contribution < -0.4 is 0 Å². The molecule has 1 atom stereocenters. The fraction of sp³-hybridized carbons (Fsp3) is 0.895. The third-order valence-electron chi connectivity index (χ3n) is 3.87. The number of unbranched alkanes of at least 4 members (excludes halogenated alkanes) is 8. The molecule has 24 heavy (non-hydrogen) atoms. The average molecular weight is 363 g/mol. The van der Waals surface area contributed by atoms with Crippen molar-refractivity contribution in [3.05, 3.63) is 0 Å². The van der Waals surface area contributed by atoms with Gasteiger partial charge in [-0.15, -0.1) is 11.6 Å². The molecule has 0 saturated heterocycles. The van der Waals surface area contributed by atoms with Crippen LogP contribution in [0.4, 0.5) is 0 Å². The van der Waals surface area contributed by atoms with Gasteiger partial charge in [-0.2, -0.15) is 0 Å². The lowest BCUT2D eigenvalue weighted by atomic mass is 10.1. The van der Waals surface area contributed by atoms with Crippen molar-refractivity contribution in [3.63, 3.8) is 0 Å². The van der Waals surface area contributed by atoms with E-state index in [1.54, 1.807) is 0 Å². The fourth-order valence-electron chi connectivity index (χ4n) is 2.36. The molecule has 0 N–H and O–H groups in total. The summed E-state index contributed by atoms with van der Waals surface area (Å²) in [5.74, 6) is -0.351. The first-order valence-corrected chi connectivity index (χ1v) is 10.1. The first-order chi connectivity index (χ1) is 11.6. The zero-order chi connectivity index (χ0) is 18.0. The quantitative estimate of drug-likeness (QED) is 0.209. The maximum absolute atomic E-state index is 11.7. The van der Waals surface area contributed by atoms with Gasteiger partial charge in [-0.1, -0.05) is 65.2 Å². The summed E-state index contributed by atoms with van der Waals surface area (Å²) < 4.78 is 10.4. The summed E-state index contributed by atoms with van der Waals surface area (Å²) in [6, 6.07) is 0. The van der Waals surface area contributed by atoms with E-state index in [1.807, 2.05) is 0 Å². The first kappa shape index (κ1) is 23.2. The molecule has 0 aromatic heterocycles. The Labute approximate surface area is 152 Å². The highest BCUT2D eigenvalue weighted by molar-refractivity contribution is 6.18. The van der Waals surface area contributed by atoms with Crippen LogP contribution in [0.3, 0.4) is 0 Å². The lowest BCUT2D eigenvalue weighted by Gasteiger charge is -2.15. The second-order valence-corrected chi connectivity index (χ2v) is 6.59. The van der Waals surface area contributed by atoms with Crippen molar-refractivity contribution in [2.75, 3.05) is 12.5 Å². The van der Waals surface area contributed by atoms with Crippen LogP contribution in [0.25, 0.3) is 0 Å². The van der Waals surface area contributed by atoms with Crippen LogP contribution in [-0.4, -0.2) is 30.5 Å². The minimum atomic E-state index is -0.543. The van der Waals surface area contributed by atoms with E-state index in [9.17, 15) is 9.59 Å². The molecule has 0 spiro atoms. The SMILES string of the molecule is CCCCCCCC(=O)OCC(CCl)OC(=O)CCCCCCC. The van der Waals surface area contributed by atoms with Gasteiger partial charge in [0.25, 0.3) is 0 Å². The highest BCUT2D eigenvalue weighted by atomic mass is 35.5. The summed E-state index contributed by atoms with van der Waals surface area (Å²) in [7, 11) is 0. The topological polar surface area (TPSA) is 52.6 Å². The third-order valence-corrected chi connectivity index (χ3v) is 4.21. The maximum Gasteiger partial charge on any atom is 0.306 e. The highest BCUT2D eigenvalue weighted by Gasteiger charge is 2.15. The lowest BCUT2D eigenvalue weighted by molar-refractivity contribution is -0.157. The number of hydrogen-bond acceptors (Lipinski definition) is 4. The summed E-state index contributed by atoms with van der Waals surface area (Å²) in [6.07, 6.45) is 11.2. The van der Waals surface area contributed by atoms with Crippen LogP contribution in [0.1, 0.15) is 90.9 Å². The Hall–Kier alpha value is -0.770. The van der Waals surface area contributed by atoms with Gasteiger partial charge >= 0.3 is 11.9 Å². The molecule has 0 fully saturated rings. The van der Waals surface area contributed by atoms with Crippen molar-refractivity contribution in [1.82, 2.24) is 0 Å². The smallest absolute Gasteiger partial charge is 0.306 e. The van der Waals surface area contributed by atoms with E-state index in [2.05, 4.69) is 13.8 Å². The van der Waals surface area contributed by atoms with Crippen LogP contribution in [0.2, 0.25) is 0 Å². The summed E-state index contributed by atoms with van der Waals surface area (Å²) in [4.78, 5) is 23.4. The molecular formula is C19H35ClO4. The lowest BCUT2D eigenvalue weighted by Crippen LogP contribution is -2.26. The van der Waals surface area contributed by atoms with Crippen molar-refractivity contribution in [2.24, 2.45) is 0 Å². The molecule has 0 bridgehead atoms. The minimum absolute atomic E-state index is 0.0544. The molecule has 0 saturated carbocycles. The Morgan fingerprint density at radius 1 is 0.792 bits per heavy atom. The molecule has 0 radical (unpaired) electrons. The molecule has 0 aromatic carbocycles. The summed E-state index contributed by atoms with van der Waals surface area (Å²) in [5.41, 5.74) is 0. The van der Waals surface area contributed by atoms with Gasteiger partial charge in [0.2, 0.25) is 0 Å². The Bertz CT molecular complexity index is 320. The van der Waals surface area contributed by atoms with E-state index in [4.69, 9.17) is 21.1 Å². The van der Waals surface area contributed by atoms with E-state index < -0.39 is 6.10 Å². The number of ether oxygens (including phenoxy) is 2. The summed E-state index contributed by atoms with van der Waals surface area (Å²) >= 11 is 5.79. The third kappa shape index (κ3) is 14.8. The molecule has 0 heterocycles. The number of rotatable bonds is 16. The molecule has 0 aliphatic rings. The molecule has 0 aromatic rings. The number of halogens is 1. The van der Waals surface area contributed by atoms with E-state index in [0.29, 0.717) is 12.8 Å². The standard InChI is InChI=1S/C19H35ClO4/c1-3-5-7-9-11-13-18(21)23-16-17(15-20)24-19(22)14-12-10-8-6-4-2/h17H,3-16H2,1-2H3. The first-order valence-electron chi connectivity index (χ1n) is 9.55. The molecule has 142 valence electrons. The minimum Gasteiger partial charge on any atom is -0.462 e. The van der Waals surface area contributed by atoms with E-state index in [1.165, 1.54) is 25.7 Å². The normalized spacial score (nSPS) is 12.0. The predicted molar refractivity (Wildman–Crippen MR) is 98.3 cm³/mol. The monoisotopic (exact) mass is 362 g/mol. The molecule has 5 heteroatoms. The van der Waals surface area contributed by atoms with Crippen molar-refractivity contribution in [1.29, 1.82) is 0 Å². The Balaban J connectivity index is 3.73. The Morgan fingerprint density at radius 2 is 1.29 bits per heavy atom. The zero-order valence-corrected chi connectivity index (χ0v) is 16.2. The van der Waals surface area contributed by atoms with Gasteiger partial charge in [-0.25, -0.2) is 0 Å². The molecule has 0 rings (SSSR count). The molecule has 0 aliphatic heterocycles. The van der Waals surface area contributed by atoms with Crippen LogP contribution in [-0.2, 0) is 19.1 Å². The molecular weight excluding hydrogens is 328 g/mol. The van der Waals surface area contributed by atoms with E-state index >= 15 is 0 Å². The van der Waals surface area contributed by atoms with Crippen molar-refractivity contribution < 1.29 is 19.1 Å². The van der Waals surface area contributed by atoms with Gasteiger partial charge in [-0.3, -0.25) is 9.59 Å². The number of esters is 2. The van der Waals surface area contributed by atoms with Crippen molar-refractivity contribution in [3.8, 4) is 0 Å². The Kier molecular flexibility index (Phi) is 16.5. The van der Waals surface area contributed by atoms with Gasteiger partial charge in [0.15, 0.2) is 0 Å². The van der Waals surface area contributed by atoms with Gasteiger partial charge in [-0.05, 0) is 12.8 Å². The van der Waals surface area contributed by atoms with Crippen LogP contribution in [0.5, 0.6) is 0 Å². The molecule has 0 amide bonds. The molecule has 4 nitrogen and oxygen atoms in total. The van der Waals surface area contributed by atoms with Gasteiger partial charge in [0, 0.05) is 12.8 Å². The molecule has 0 aliphatic carbocycles. The zero-order valence-electron chi connectivity index (χ0n) is 15.5. The highest BCUT2D eigenvalue weighted by Crippen LogP contribution is 2.09. The second-order valence-electron chi connectivity index (χ2n) is 6.28. The Morgan fingerprint density at radius 3 is 1.79 bits per heavy atom. The number of carbonyl (C=O) groups is 2.